The van der Waals surface area contributed by atoms with Crippen molar-refractivity contribution in [3.63, 3.8) is 0 Å². The number of aryl methyl sites for hydroxylation is 1. The summed E-state index contributed by atoms with van der Waals surface area (Å²) in [6.45, 7) is 1.91. The topological polar surface area (TPSA) is 106 Å². The number of pyridine rings is 1. The van der Waals surface area contributed by atoms with Crippen LogP contribution < -0.4 is 10.9 Å². The van der Waals surface area contributed by atoms with Gasteiger partial charge in [0.15, 0.2) is 5.82 Å². The molecule has 28 heavy (non-hydrogen) atoms. The van der Waals surface area contributed by atoms with Gasteiger partial charge < -0.3 is 5.32 Å². The SMILES string of the molecule is Cc1nn(-c2ccc(=O)[nH]n2)c2c1[C@H](c1ccnc3ccccc13)CC(=O)N2. The Morgan fingerprint density at radius 3 is 2.79 bits per heavy atom. The van der Waals surface area contributed by atoms with E-state index in [2.05, 4.69) is 25.6 Å². The molecule has 0 fully saturated rings. The predicted molar refractivity (Wildman–Crippen MR) is 104 cm³/mol. The molecule has 0 saturated heterocycles. The molecule has 0 spiro atoms. The fraction of sp³-hybridized carbons (Fsp3) is 0.150. The third kappa shape index (κ3) is 2.50. The van der Waals surface area contributed by atoms with Crippen LogP contribution in [0.25, 0.3) is 16.7 Å². The highest BCUT2D eigenvalue weighted by Gasteiger charge is 2.33. The maximum absolute atomic E-state index is 12.5. The molecular formula is C20H16N6O2. The van der Waals surface area contributed by atoms with Gasteiger partial charge in [-0.25, -0.2) is 5.10 Å². The number of amides is 1. The Kier molecular flexibility index (Phi) is 3.58. The Bertz CT molecular complexity index is 1260. The molecule has 3 aromatic heterocycles. The van der Waals surface area contributed by atoms with Crippen LogP contribution in [0.15, 0.2) is 53.5 Å². The third-order valence-electron chi connectivity index (χ3n) is 5.04. The second-order valence-corrected chi connectivity index (χ2v) is 6.76. The van der Waals surface area contributed by atoms with Gasteiger partial charge in [0.25, 0.3) is 5.56 Å². The predicted octanol–water partition coefficient (Wildman–Crippen LogP) is 2.29. The summed E-state index contributed by atoms with van der Waals surface area (Å²) in [5.74, 6) is 0.779. The highest BCUT2D eigenvalue weighted by atomic mass is 16.1. The number of carbonyl (C=O) groups is 1. The van der Waals surface area contributed by atoms with Crippen LogP contribution in [0.1, 0.15) is 29.2 Å². The first-order valence-electron chi connectivity index (χ1n) is 8.91. The van der Waals surface area contributed by atoms with Gasteiger partial charge >= 0.3 is 0 Å². The van der Waals surface area contributed by atoms with E-state index in [-0.39, 0.29) is 17.4 Å². The number of hydrogen-bond donors (Lipinski definition) is 2. The number of anilines is 1. The standard InChI is InChI=1S/C20H16N6O2/c1-11-19-14(12-8-9-21-15-5-3-2-4-13(12)15)10-18(28)22-20(19)26(25-11)16-6-7-17(27)24-23-16/h2-9,14H,10H2,1H3,(H,22,28)(H,24,27)/t14-/m0/s1. The number of aromatic amines is 1. The minimum absolute atomic E-state index is 0.0935. The van der Waals surface area contributed by atoms with Gasteiger partial charge in [-0.3, -0.25) is 14.6 Å². The lowest BCUT2D eigenvalue weighted by Gasteiger charge is -2.25. The number of carbonyl (C=O) groups excluding carboxylic acids is 1. The van der Waals surface area contributed by atoms with Crippen LogP contribution in [0, 0.1) is 6.92 Å². The average Bonchev–Trinajstić information content (AvgIpc) is 3.04. The molecule has 8 heteroatoms. The van der Waals surface area contributed by atoms with Crippen LogP contribution in [0.4, 0.5) is 5.82 Å². The normalized spacial score (nSPS) is 16.0. The summed E-state index contributed by atoms with van der Waals surface area (Å²) in [4.78, 5) is 28.3. The van der Waals surface area contributed by atoms with Crippen molar-refractivity contribution in [3.05, 3.63) is 75.8 Å². The molecular weight excluding hydrogens is 356 g/mol. The fourth-order valence-corrected chi connectivity index (χ4v) is 3.86. The van der Waals surface area contributed by atoms with E-state index in [1.807, 2.05) is 37.3 Å². The second kappa shape index (κ2) is 6.12. The summed E-state index contributed by atoms with van der Waals surface area (Å²) in [6.07, 6.45) is 2.10. The van der Waals surface area contributed by atoms with Gasteiger partial charge in [0.1, 0.15) is 5.82 Å². The van der Waals surface area contributed by atoms with E-state index in [4.69, 9.17) is 0 Å². The van der Waals surface area contributed by atoms with Crippen molar-refractivity contribution in [2.75, 3.05) is 5.32 Å². The number of aromatic nitrogens is 5. The highest BCUT2D eigenvalue weighted by molar-refractivity contribution is 5.96. The zero-order chi connectivity index (χ0) is 19.3. The largest absolute Gasteiger partial charge is 0.310 e. The van der Waals surface area contributed by atoms with Crippen LogP contribution in [0.3, 0.4) is 0 Å². The first-order chi connectivity index (χ1) is 13.6. The maximum Gasteiger partial charge on any atom is 0.264 e. The lowest BCUT2D eigenvalue weighted by Crippen LogP contribution is -2.25. The van der Waals surface area contributed by atoms with Crippen molar-refractivity contribution in [2.24, 2.45) is 0 Å². The summed E-state index contributed by atoms with van der Waals surface area (Å²) >= 11 is 0. The average molecular weight is 372 g/mol. The van der Waals surface area contributed by atoms with Gasteiger partial charge in [0, 0.05) is 35.6 Å². The molecule has 0 aliphatic carbocycles. The van der Waals surface area contributed by atoms with Crippen LogP contribution in [-0.4, -0.2) is 30.9 Å². The first kappa shape index (κ1) is 16.4. The quantitative estimate of drug-likeness (QED) is 0.562. The van der Waals surface area contributed by atoms with Gasteiger partial charge in [0.05, 0.1) is 11.2 Å². The van der Waals surface area contributed by atoms with Crippen molar-refractivity contribution in [2.45, 2.75) is 19.3 Å². The molecule has 2 N–H and O–H groups in total. The molecule has 5 rings (SSSR count). The number of H-pyrrole nitrogens is 1. The summed E-state index contributed by atoms with van der Waals surface area (Å²) in [5.41, 5.74) is 3.38. The minimum atomic E-state index is -0.299. The number of fused-ring (bicyclic) bond motifs is 2. The Morgan fingerprint density at radius 1 is 1.11 bits per heavy atom. The second-order valence-electron chi connectivity index (χ2n) is 6.76. The number of para-hydroxylation sites is 1. The zero-order valence-corrected chi connectivity index (χ0v) is 15.0. The molecule has 1 amide bonds. The first-order valence-corrected chi connectivity index (χ1v) is 8.91. The monoisotopic (exact) mass is 372 g/mol. The molecule has 138 valence electrons. The number of nitrogens with zero attached hydrogens (tertiary/aromatic N) is 4. The smallest absolute Gasteiger partial charge is 0.264 e. The number of hydrogen-bond acceptors (Lipinski definition) is 5. The summed E-state index contributed by atoms with van der Waals surface area (Å²) < 4.78 is 1.56. The van der Waals surface area contributed by atoms with Gasteiger partial charge in [0.2, 0.25) is 5.91 Å². The summed E-state index contributed by atoms with van der Waals surface area (Å²) in [5, 5.41) is 15.0. The third-order valence-corrected chi connectivity index (χ3v) is 5.04. The van der Waals surface area contributed by atoms with E-state index in [0.717, 1.165) is 27.7 Å². The van der Waals surface area contributed by atoms with Crippen molar-refractivity contribution in [1.29, 1.82) is 0 Å². The Hall–Kier alpha value is -3.81. The number of nitrogens with one attached hydrogen (secondary N) is 2. The maximum atomic E-state index is 12.5. The molecule has 1 aromatic carbocycles. The Labute approximate surface area is 159 Å². The van der Waals surface area contributed by atoms with Crippen molar-refractivity contribution in [1.82, 2.24) is 25.0 Å². The van der Waals surface area contributed by atoms with Crippen LogP contribution in [-0.2, 0) is 4.79 Å². The van der Waals surface area contributed by atoms with Crippen LogP contribution >= 0.6 is 0 Å². The van der Waals surface area contributed by atoms with Gasteiger partial charge in [-0.2, -0.15) is 14.9 Å². The molecule has 1 atom stereocenters. The van der Waals surface area contributed by atoms with Crippen LogP contribution in [0.5, 0.6) is 0 Å². The van der Waals surface area contributed by atoms with Crippen molar-refractivity contribution in [3.8, 4) is 5.82 Å². The summed E-state index contributed by atoms with van der Waals surface area (Å²) in [6, 6.07) is 12.8. The Morgan fingerprint density at radius 2 is 1.96 bits per heavy atom. The number of rotatable bonds is 2. The molecule has 4 aromatic rings. The van der Waals surface area contributed by atoms with Crippen molar-refractivity contribution < 1.29 is 4.79 Å². The molecule has 8 nitrogen and oxygen atoms in total. The molecule has 4 heterocycles. The van der Waals surface area contributed by atoms with Gasteiger partial charge in [-0.1, -0.05) is 18.2 Å². The minimum Gasteiger partial charge on any atom is -0.310 e. The molecule has 0 saturated carbocycles. The molecule has 0 bridgehead atoms. The molecule has 1 aliphatic rings. The zero-order valence-electron chi connectivity index (χ0n) is 15.0. The van der Waals surface area contributed by atoms with Gasteiger partial charge in [-0.15, -0.1) is 0 Å². The van der Waals surface area contributed by atoms with E-state index in [1.165, 1.54) is 6.07 Å². The lowest BCUT2D eigenvalue weighted by atomic mass is 9.84. The number of benzene rings is 1. The van der Waals surface area contributed by atoms with Crippen molar-refractivity contribution >= 4 is 22.6 Å². The van der Waals surface area contributed by atoms with E-state index >= 15 is 0 Å². The van der Waals surface area contributed by atoms with E-state index < -0.39 is 0 Å². The fourth-order valence-electron chi connectivity index (χ4n) is 3.86. The molecule has 0 unspecified atom stereocenters. The Balaban J connectivity index is 1.73. The lowest BCUT2D eigenvalue weighted by molar-refractivity contribution is -0.116. The van der Waals surface area contributed by atoms with Gasteiger partial charge in [-0.05, 0) is 30.7 Å². The van der Waals surface area contributed by atoms with E-state index in [1.54, 1.807) is 16.9 Å². The molecule has 0 radical (unpaired) electrons. The van der Waals surface area contributed by atoms with E-state index in [0.29, 0.717) is 18.1 Å². The van der Waals surface area contributed by atoms with Crippen LogP contribution in [0.2, 0.25) is 0 Å². The molecule has 1 aliphatic heterocycles. The summed E-state index contributed by atoms with van der Waals surface area (Å²) in [7, 11) is 0. The van der Waals surface area contributed by atoms with E-state index in [9.17, 15) is 9.59 Å². The highest BCUT2D eigenvalue weighted by Crippen LogP contribution is 2.41.